The molecule has 3 heteroatoms. The standard InChI is InChI=1S/C18H20BrNO/c1-18(2,3)13-9-7-12(8-10-13)16-11-20-15-6-4-5-14(19)17(15)21-16/h4-10,16,20H,11H2,1-3H3. The van der Waals surface area contributed by atoms with Crippen LogP contribution in [-0.4, -0.2) is 6.54 Å². The van der Waals surface area contributed by atoms with Crippen LogP contribution in [0.2, 0.25) is 0 Å². The number of ether oxygens (including phenoxy) is 1. The largest absolute Gasteiger partial charge is 0.481 e. The molecule has 0 fully saturated rings. The second-order valence-electron chi connectivity index (χ2n) is 6.48. The summed E-state index contributed by atoms with van der Waals surface area (Å²) in [6, 6.07) is 14.8. The second kappa shape index (κ2) is 5.38. The first-order valence-corrected chi connectivity index (χ1v) is 8.04. The number of anilines is 1. The molecule has 0 spiro atoms. The molecule has 2 nitrogen and oxygen atoms in total. The quantitative estimate of drug-likeness (QED) is 0.757. The van der Waals surface area contributed by atoms with Crippen molar-refractivity contribution in [3.8, 4) is 5.75 Å². The van der Waals surface area contributed by atoms with Crippen molar-refractivity contribution in [1.82, 2.24) is 0 Å². The van der Waals surface area contributed by atoms with E-state index in [1.165, 1.54) is 11.1 Å². The van der Waals surface area contributed by atoms with Crippen molar-refractivity contribution in [3.05, 3.63) is 58.1 Å². The second-order valence-corrected chi connectivity index (χ2v) is 7.33. The molecule has 0 saturated carbocycles. The van der Waals surface area contributed by atoms with Gasteiger partial charge in [0.25, 0.3) is 0 Å². The van der Waals surface area contributed by atoms with Crippen molar-refractivity contribution in [2.24, 2.45) is 0 Å². The van der Waals surface area contributed by atoms with Gasteiger partial charge >= 0.3 is 0 Å². The molecule has 110 valence electrons. The summed E-state index contributed by atoms with van der Waals surface area (Å²) in [5.74, 6) is 0.897. The van der Waals surface area contributed by atoms with E-state index < -0.39 is 0 Å². The van der Waals surface area contributed by atoms with Gasteiger partial charge in [0.1, 0.15) is 6.10 Å². The first-order valence-electron chi connectivity index (χ1n) is 7.24. The van der Waals surface area contributed by atoms with E-state index in [9.17, 15) is 0 Å². The van der Waals surface area contributed by atoms with Gasteiger partial charge in [-0.15, -0.1) is 0 Å². The minimum absolute atomic E-state index is 0.0465. The Morgan fingerprint density at radius 2 is 1.81 bits per heavy atom. The number of rotatable bonds is 1. The Bertz CT molecular complexity index is 643. The lowest BCUT2D eigenvalue weighted by atomic mass is 9.86. The SMILES string of the molecule is CC(C)(C)c1ccc(C2CNc3cccc(Br)c3O2)cc1. The van der Waals surface area contributed by atoms with Crippen molar-refractivity contribution in [3.63, 3.8) is 0 Å². The van der Waals surface area contributed by atoms with Gasteiger partial charge < -0.3 is 10.1 Å². The predicted octanol–water partition coefficient (Wildman–Crippen LogP) is 5.29. The van der Waals surface area contributed by atoms with Gasteiger partial charge in [0, 0.05) is 0 Å². The third-order valence-corrected chi connectivity index (χ3v) is 4.48. The minimum atomic E-state index is 0.0465. The molecule has 1 aliphatic rings. The van der Waals surface area contributed by atoms with Crippen molar-refractivity contribution < 1.29 is 4.74 Å². The van der Waals surface area contributed by atoms with Crippen LogP contribution in [0.4, 0.5) is 5.69 Å². The van der Waals surface area contributed by atoms with E-state index in [0.717, 1.165) is 22.5 Å². The molecular formula is C18H20BrNO. The highest BCUT2D eigenvalue weighted by molar-refractivity contribution is 9.10. The Balaban J connectivity index is 1.85. The van der Waals surface area contributed by atoms with Crippen LogP contribution in [0.25, 0.3) is 0 Å². The summed E-state index contributed by atoms with van der Waals surface area (Å²) >= 11 is 3.55. The molecule has 0 radical (unpaired) electrons. The summed E-state index contributed by atoms with van der Waals surface area (Å²) in [4.78, 5) is 0. The molecule has 0 saturated heterocycles. The third-order valence-electron chi connectivity index (χ3n) is 3.85. The maximum atomic E-state index is 6.16. The lowest BCUT2D eigenvalue weighted by Gasteiger charge is -2.29. The summed E-state index contributed by atoms with van der Waals surface area (Å²) in [7, 11) is 0. The molecule has 0 aromatic heterocycles. The summed E-state index contributed by atoms with van der Waals surface area (Å²) in [5.41, 5.74) is 3.78. The summed E-state index contributed by atoms with van der Waals surface area (Å²) in [6.45, 7) is 7.48. The van der Waals surface area contributed by atoms with Crippen LogP contribution in [0, 0.1) is 0 Å². The van der Waals surface area contributed by atoms with Gasteiger partial charge in [0.15, 0.2) is 5.75 Å². The number of halogens is 1. The molecule has 0 amide bonds. The summed E-state index contributed by atoms with van der Waals surface area (Å²) < 4.78 is 7.15. The molecule has 2 aromatic rings. The van der Waals surface area contributed by atoms with Crippen molar-refractivity contribution in [2.45, 2.75) is 32.3 Å². The van der Waals surface area contributed by atoms with Gasteiger partial charge in [-0.3, -0.25) is 0 Å². The van der Waals surface area contributed by atoms with E-state index >= 15 is 0 Å². The lowest BCUT2D eigenvalue weighted by Crippen LogP contribution is -2.24. The van der Waals surface area contributed by atoms with Gasteiger partial charge in [-0.1, -0.05) is 51.1 Å². The van der Waals surface area contributed by atoms with E-state index in [0.29, 0.717) is 0 Å². The topological polar surface area (TPSA) is 21.3 Å². The van der Waals surface area contributed by atoms with Gasteiger partial charge in [-0.05, 0) is 44.6 Å². The zero-order valence-electron chi connectivity index (χ0n) is 12.6. The lowest BCUT2D eigenvalue weighted by molar-refractivity contribution is 0.209. The van der Waals surface area contributed by atoms with E-state index in [4.69, 9.17) is 4.74 Å². The van der Waals surface area contributed by atoms with Crippen molar-refractivity contribution >= 4 is 21.6 Å². The van der Waals surface area contributed by atoms with E-state index in [2.05, 4.69) is 66.3 Å². The van der Waals surface area contributed by atoms with Crippen LogP contribution < -0.4 is 10.1 Å². The fourth-order valence-electron chi connectivity index (χ4n) is 2.54. The minimum Gasteiger partial charge on any atom is -0.481 e. The number of hydrogen-bond acceptors (Lipinski definition) is 2. The fraction of sp³-hybridized carbons (Fsp3) is 0.333. The zero-order valence-corrected chi connectivity index (χ0v) is 14.2. The van der Waals surface area contributed by atoms with Gasteiger partial charge in [0.2, 0.25) is 0 Å². The van der Waals surface area contributed by atoms with Crippen LogP contribution in [0.3, 0.4) is 0 Å². The molecule has 0 bridgehead atoms. The van der Waals surface area contributed by atoms with Crippen molar-refractivity contribution in [1.29, 1.82) is 0 Å². The number of hydrogen-bond donors (Lipinski definition) is 1. The molecule has 1 unspecified atom stereocenters. The molecule has 1 N–H and O–H groups in total. The van der Waals surface area contributed by atoms with Crippen LogP contribution in [0.15, 0.2) is 46.9 Å². The van der Waals surface area contributed by atoms with Crippen LogP contribution in [0.1, 0.15) is 38.0 Å². The van der Waals surface area contributed by atoms with Crippen LogP contribution in [0.5, 0.6) is 5.75 Å². The Kier molecular flexibility index (Phi) is 3.70. The highest BCUT2D eigenvalue weighted by Crippen LogP contribution is 2.39. The van der Waals surface area contributed by atoms with Crippen LogP contribution in [-0.2, 0) is 5.41 Å². The van der Waals surface area contributed by atoms with Gasteiger partial charge in [-0.25, -0.2) is 0 Å². The molecule has 21 heavy (non-hydrogen) atoms. The molecule has 2 aromatic carbocycles. The smallest absolute Gasteiger partial charge is 0.157 e. The van der Waals surface area contributed by atoms with E-state index in [1.807, 2.05) is 18.2 Å². The monoisotopic (exact) mass is 345 g/mol. The molecule has 1 atom stereocenters. The van der Waals surface area contributed by atoms with Gasteiger partial charge in [0.05, 0.1) is 16.7 Å². The number of para-hydroxylation sites is 1. The molecule has 1 aliphatic heterocycles. The maximum absolute atomic E-state index is 6.16. The Hall–Kier alpha value is -1.48. The zero-order chi connectivity index (χ0) is 15.0. The Morgan fingerprint density at radius 3 is 2.48 bits per heavy atom. The third kappa shape index (κ3) is 2.93. The normalized spacial score (nSPS) is 17.6. The average molecular weight is 346 g/mol. The van der Waals surface area contributed by atoms with Gasteiger partial charge in [-0.2, -0.15) is 0 Å². The average Bonchev–Trinajstić information content (AvgIpc) is 2.47. The number of nitrogens with one attached hydrogen (secondary N) is 1. The first kappa shape index (κ1) is 14.5. The van der Waals surface area contributed by atoms with Crippen molar-refractivity contribution in [2.75, 3.05) is 11.9 Å². The van der Waals surface area contributed by atoms with Crippen LogP contribution >= 0.6 is 15.9 Å². The Morgan fingerprint density at radius 1 is 1.10 bits per heavy atom. The summed E-state index contributed by atoms with van der Waals surface area (Å²) in [6.07, 6.45) is 0.0465. The molecule has 1 heterocycles. The van der Waals surface area contributed by atoms with E-state index in [-0.39, 0.29) is 11.5 Å². The maximum Gasteiger partial charge on any atom is 0.157 e. The number of benzene rings is 2. The molecule has 3 rings (SSSR count). The predicted molar refractivity (Wildman–Crippen MR) is 91.1 cm³/mol. The first-order chi connectivity index (χ1) is 9.95. The van der Waals surface area contributed by atoms with E-state index in [1.54, 1.807) is 0 Å². The highest BCUT2D eigenvalue weighted by atomic mass is 79.9. The Labute approximate surface area is 134 Å². The highest BCUT2D eigenvalue weighted by Gasteiger charge is 2.23. The molecule has 0 aliphatic carbocycles. The number of fused-ring (bicyclic) bond motifs is 1. The molecular weight excluding hydrogens is 326 g/mol. The fourth-order valence-corrected chi connectivity index (χ4v) is 3.00. The summed E-state index contributed by atoms with van der Waals surface area (Å²) in [5, 5.41) is 3.44.